The fourth-order valence-electron chi connectivity index (χ4n) is 4.31. The lowest BCUT2D eigenvalue weighted by Crippen LogP contribution is -2.60. The Bertz CT molecular complexity index is 757. The Morgan fingerprint density at radius 3 is 2.26 bits per heavy atom. The summed E-state index contributed by atoms with van der Waals surface area (Å²) in [6.07, 6.45) is 0.331. The minimum atomic E-state index is -0.856. The molecule has 0 saturated carbocycles. The molecule has 2 saturated heterocycles. The molecular weight excluding hydrogens is 396 g/mol. The fourth-order valence-corrected chi connectivity index (χ4v) is 4.31. The highest BCUT2D eigenvalue weighted by Crippen LogP contribution is 2.20. The molecule has 2 aliphatic heterocycles. The third-order valence-electron chi connectivity index (χ3n) is 5.79. The zero-order valence-electron chi connectivity index (χ0n) is 18.8. The lowest BCUT2D eigenvalue weighted by Gasteiger charge is -2.46. The molecule has 2 fully saturated rings. The number of benzene rings is 1. The summed E-state index contributed by atoms with van der Waals surface area (Å²) in [6, 6.07) is 9.29. The first-order valence-corrected chi connectivity index (χ1v) is 11.0. The van der Waals surface area contributed by atoms with Crippen LogP contribution in [0.5, 0.6) is 5.75 Å². The lowest BCUT2D eigenvalue weighted by molar-refractivity contribution is -0.139. The van der Waals surface area contributed by atoms with Crippen molar-refractivity contribution in [2.45, 2.75) is 44.9 Å². The molecule has 1 N–H and O–H groups in total. The van der Waals surface area contributed by atoms with E-state index in [4.69, 9.17) is 14.7 Å². The van der Waals surface area contributed by atoms with Crippen molar-refractivity contribution in [2.24, 2.45) is 0 Å². The molecule has 0 spiro atoms. The molecular formula is C23H34N4O4. The molecule has 8 nitrogen and oxygen atoms in total. The van der Waals surface area contributed by atoms with Crippen LogP contribution in [0.15, 0.2) is 24.3 Å². The molecule has 1 aromatic rings. The van der Waals surface area contributed by atoms with Crippen LogP contribution in [0, 0.1) is 11.3 Å². The first-order valence-electron chi connectivity index (χ1n) is 11.0. The summed E-state index contributed by atoms with van der Waals surface area (Å²) in [5, 5.41) is 18.3. The number of hydrogen-bond acceptors (Lipinski definition) is 6. The van der Waals surface area contributed by atoms with Crippen molar-refractivity contribution >= 4 is 6.09 Å². The molecule has 2 aliphatic rings. The van der Waals surface area contributed by atoms with Gasteiger partial charge in [-0.1, -0.05) is 0 Å². The SMILES string of the molecule is CC(C)(C)N(CCCN1CC2CN(CCOc3ccc(C#N)cc3)CC(C1)O2)C(=O)O. The maximum absolute atomic E-state index is 11.5. The standard InChI is InChI=1S/C23H34N4O4/c1-23(2,3)27(22(28)29)10-4-9-25-14-20-16-26(17-21(15-25)31-20)11-12-30-19-7-5-18(13-24)6-8-19/h5-8,20-21H,4,9-12,14-17H2,1-3H3,(H,28,29). The molecule has 0 aliphatic carbocycles. The van der Waals surface area contributed by atoms with E-state index in [9.17, 15) is 9.90 Å². The van der Waals surface area contributed by atoms with Gasteiger partial charge >= 0.3 is 6.09 Å². The van der Waals surface area contributed by atoms with Gasteiger partial charge in [-0.15, -0.1) is 0 Å². The first kappa shape index (κ1) is 23.3. The van der Waals surface area contributed by atoms with Gasteiger partial charge in [-0.2, -0.15) is 5.26 Å². The van der Waals surface area contributed by atoms with Crippen LogP contribution in [-0.2, 0) is 4.74 Å². The third kappa shape index (κ3) is 6.82. The Hall–Kier alpha value is -2.34. The molecule has 2 bridgehead atoms. The van der Waals surface area contributed by atoms with Crippen LogP contribution in [-0.4, -0.2) is 96.1 Å². The number of ether oxygens (including phenoxy) is 2. The van der Waals surface area contributed by atoms with Gasteiger partial charge in [0.2, 0.25) is 0 Å². The topological polar surface area (TPSA) is 89.3 Å². The number of rotatable bonds is 8. The van der Waals surface area contributed by atoms with Crippen molar-refractivity contribution in [3.8, 4) is 11.8 Å². The van der Waals surface area contributed by atoms with Crippen LogP contribution in [0.1, 0.15) is 32.8 Å². The van der Waals surface area contributed by atoms with Crippen molar-refractivity contribution < 1.29 is 19.4 Å². The molecule has 0 radical (unpaired) electrons. The molecule has 8 heteroatoms. The van der Waals surface area contributed by atoms with Crippen LogP contribution in [0.3, 0.4) is 0 Å². The van der Waals surface area contributed by atoms with E-state index in [0.29, 0.717) is 18.7 Å². The van der Waals surface area contributed by atoms with Crippen LogP contribution in [0.4, 0.5) is 4.79 Å². The Kier molecular flexibility index (Phi) is 7.76. The summed E-state index contributed by atoms with van der Waals surface area (Å²) in [7, 11) is 0. The maximum atomic E-state index is 11.5. The first-order chi connectivity index (χ1) is 14.7. The van der Waals surface area contributed by atoms with Crippen LogP contribution in [0.25, 0.3) is 0 Å². The summed E-state index contributed by atoms with van der Waals surface area (Å²) in [4.78, 5) is 17.8. The zero-order chi connectivity index (χ0) is 22.4. The van der Waals surface area contributed by atoms with Crippen molar-refractivity contribution in [3.63, 3.8) is 0 Å². The van der Waals surface area contributed by atoms with E-state index < -0.39 is 6.09 Å². The van der Waals surface area contributed by atoms with Gasteiger partial charge in [0.05, 0.1) is 23.8 Å². The number of fused-ring (bicyclic) bond motifs is 2. The number of hydrogen-bond donors (Lipinski definition) is 1. The predicted octanol–water partition coefficient (Wildman–Crippen LogP) is 2.49. The van der Waals surface area contributed by atoms with Gasteiger partial charge in [-0.25, -0.2) is 4.79 Å². The zero-order valence-corrected chi connectivity index (χ0v) is 18.8. The summed E-state index contributed by atoms with van der Waals surface area (Å²) in [6.45, 7) is 12.2. The summed E-state index contributed by atoms with van der Waals surface area (Å²) in [5.41, 5.74) is 0.250. The van der Waals surface area contributed by atoms with Crippen molar-refractivity contribution in [1.82, 2.24) is 14.7 Å². The summed E-state index contributed by atoms with van der Waals surface area (Å²) in [5.74, 6) is 0.782. The van der Waals surface area contributed by atoms with Gasteiger partial charge in [0.15, 0.2) is 0 Å². The Morgan fingerprint density at radius 1 is 1.16 bits per heavy atom. The molecule has 2 unspecified atom stereocenters. The van der Waals surface area contributed by atoms with Gasteiger partial charge < -0.3 is 19.5 Å². The van der Waals surface area contributed by atoms with Crippen LogP contribution >= 0.6 is 0 Å². The second kappa shape index (κ2) is 10.3. The van der Waals surface area contributed by atoms with E-state index in [2.05, 4.69) is 15.9 Å². The van der Waals surface area contributed by atoms with Gasteiger partial charge in [0.1, 0.15) is 12.4 Å². The second-order valence-electron chi connectivity index (χ2n) is 9.34. The maximum Gasteiger partial charge on any atom is 0.407 e. The quantitative estimate of drug-likeness (QED) is 0.678. The molecule has 31 heavy (non-hydrogen) atoms. The number of nitriles is 1. The Morgan fingerprint density at radius 2 is 1.74 bits per heavy atom. The Balaban J connectivity index is 1.38. The summed E-state index contributed by atoms with van der Waals surface area (Å²) < 4.78 is 12.0. The molecule has 170 valence electrons. The molecule has 0 aromatic heterocycles. The minimum absolute atomic E-state index is 0.181. The van der Waals surface area contributed by atoms with E-state index in [-0.39, 0.29) is 17.7 Å². The average molecular weight is 431 g/mol. The average Bonchev–Trinajstić information content (AvgIpc) is 2.70. The van der Waals surface area contributed by atoms with Gasteiger partial charge in [-0.05, 0) is 51.5 Å². The monoisotopic (exact) mass is 430 g/mol. The normalized spacial score (nSPS) is 22.0. The minimum Gasteiger partial charge on any atom is -0.492 e. The van der Waals surface area contributed by atoms with Crippen LogP contribution < -0.4 is 4.74 Å². The van der Waals surface area contributed by atoms with Gasteiger partial charge in [0.25, 0.3) is 0 Å². The van der Waals surface area contributed by atoms with E-state index in [0.717, 1.165) is 51.4 Å². The molecule has 2 atom stereocenters. The number of morpholine rings is 2. The van der Waals surface area contributed by atoms with Gasteiger partial charge in [-0.3, -0.25) is 9.80 Å². The predicted molar refractivity (Wildman–Crippen MR) is 117 cm³/mol. The highest BCUT2D eigenvalue weighted by molar-refractivity contribution is 5.65. The largest absolute Gasteiger partial charge is 0.492 e. The molecule has 2 heterocycles. The number of amides is 1. The summed E-state index contributed by atoms with van der Waals surface area (Å²) >= 11 is 0. The Labute approximate surface area is 184 Å². The highest BCUT2D eigenvalue weighted by Gasteiger charge is 2.34. The smallest absolute Gasteiger partial charge is 0.407 e. The fraction of sp³-hybridized carbons (Fsp3) is 0.652. The second-order valence-corrected chi connectivity index (χ2v) is 9.34. The van der Waals surface area contributed by atoms with Gasteiger partial charge in [0, 0.05) is 51.4 Å². The van der Waals surface area contributed by atoms with Crippen molar-refractivity contribution in [3.05, 3.63) is 29.8 Å². The van der Waals surface area contributed by atoms with Crippen molar-refractivity contribution in [1.29, 1.82) is 5.26 Å². The van der Waals surface area contributed by atoms with Crippen LogP contribution in [0.2, 0.25) is 0 Å². The van der Waals surface area contributed by atoms with E-state index in [1.807, 2.05) is 32.9 Å². The van der Waals surface area contributed by atoms with Crippen molar-refractivity contribution in [2.75, 3.05) is 52.4 Å². The van der Waals surface area contributed by atoms with E-state index >= 15 is 0 Å². The number of carboxylic acid groups (broad SMARTS) is 1. The molecule has 1 aromatic carbocycles. The lowest BCUT2D eigenvalue weighted by atomic mass is 10.1. The number of carbonyl (C=O) groups is 1. The van der Waals surface area contributed by atoms with E-state index in [1.165, 1.54) is 4.90 Å². The number of nitrogens with zero attached hydrogens (tertiary/aromatic N) is 4. The van der Waals surface area contributed by atoms with E-state index in [1.54, 1.807) is 12.1 Å². The molecule has 1 amide bonds. The molecule has 3 rings (SSSR count). The highest BCUT2D eigenvalue weighted by atomic mass is 16.5. The third-order valence-corrected chi connectivity index (χ3v) is 5.79.